The lowest BCUT2D eigenvalue weighted by molar-refractivity contribution is -0.134. The van der Waals surface area contributed by atoms with Crippen LogP contribution in [0.2, 0.25) is 0 Å². The largest absolute Gasteiger partial charge is 0.378 e. The van der Waals surface area contributed by atoms with Crippen LogP contribution in [-0.2, 0) is 11.2 Å². The SMILES string of the molecule is CN(C)c1ccc(CC(=O)N2CCCCC2c2cc(C(=O)Nc3ccccc3)no2)cc1. The van der Waals surface area contributed by atoms with Crippen molar-refractivity contribution in [1.29, 1.82) is 0 Å². The van der Waals surface area contributed by atoms with E-state index < -0.39 is 0 Å². The molecule has 0 aliphatic carbocycles. The third-order valence-corrected chi connectivity index (χ3v) is 5.75. The van der Waals surface area contributed by atoms with E-state index in [2.05, 4.69) is 10.5 Å². The van der Waals surface area contributed by atoms with Crippen LogP contribution in [0, 0.1) is 0 Å². The fraction of sp³-hybridized carbons (Fsp3) is 0.320. The highest BCUT2D eigenvalue weighted by molar-refractivity contribution is 6.02. The first-order chi connectivity index (χ1) is 15.5. The number of nitrogens with zero attached hydrogens (tertiary/aromatic N) is 3. The molecule has 1 aromatic heterocycles. The highest BCUT2D eigenvalue weighted by Gasteiger charge is 2.31. The van der Waals surface area contributed by atoms with Crippen LogP contribution in [-0.4, -0.2) is 42.5 Å². The lowest BCUT2D eigenvalue weighted by Crippen LogP contribution is -2.39. The van der Waals surface area contributed by atoms with Crippen LogP contribution in [0.4, 0.5) is 11.4 Å². The Morgan fingerprint density at radius 3 is 2.56 bits per heavy atom. The highest BCUT2D eigenvalue weighted by Crippen LogP contribution is 2.32. The van der Waals surface area contributed by atoms with Gasteiger partial charge in [-0.05, 0) is 49.1 Å². The van der Waals surface area contributed by atoms with Crippen molar-refractivity contribution in [2.75, 3.05) is 30.9 Å². The molecule has 32 heavy (non-hydrogen) atoms. The zero-order valence-corrected chi connectivity index (χ0v) is 18.5. The number of amides is 2. The number of carbonyl (C=O) groups is 2. The van der Waals surface area contributed by atoms with Crippen molar-refractivity contribution in [3.05, 3.63) is 77.7 Å². The lowest BCUT2D eigenvalue weighted by atomic mass is 9.98. The van der Waals surface area contributed by atoms with Crippen molar-refractivity contribution in [3.63, 3.8) is 0 Å². The standard InChI is InChI=1S/C25H28N4O3/c1-28(2)20-13-11-18(12-14-20)16-24(30)29-15-7-6-10-22(29)23-17-21(27-32-23)25(31)26-19-8-4-3-5-9-19/h3-5,8-9,11-14,17,22H,6-7,10,15-16H2,1-2H3,(H,26,31). The van der Waals surface area contributed by atoms with E-state index in [9.17, 15) is 9.59 Å². The molecule has 2 heterocycles. The summed E-state index contributed by atoms with van der Waals surface area (Å²) in [5.41, 5.74) is 2.98. The Hall–Kier alpha value is -3.61. The van der Waals surface area contributed by atoms with E-state index in [-0.39, 0.29) is 23.6 Å². The molecule has 2 aromatic carbocycles. The topological polar surface area (TPSA) is 78.7 Å². The number of nitrogens with one attached hydrogen (secondary N) is 1. The smallest absolute Gasteiger partial charge is 0.277 e. The van der Waals surface area contributed by atoms with Crippen LogP contribution in [0.3, 0.4) is 0 Å². The molecule has 1 aliphatic rings. The average Bonchev–Trinajstić information content (AvgIpc) is 3.30. The van der Waals surface area contributed by atoms with Gasteiger partial charge in [-0.1, -0.05) is 35.5 Å². The summed E-state index contributed by atoms with van der Waals surface area (Å²) in [7, 11) is 3.98. The Morgan fingerprint density at radius 2 is 1.84 bits per heavy atom. The fourth-order valence-electron chi connectivity index (χ4n) is 3.98. The van der Waals surface area contributed by atoms with Gasteiger partial charge in [0.15, 0.2) is 11.5 Å². The minimum atomic E-state index is -0.333. The van der Waals surface area contributed by atoms with Crippen molar-refractivity contribution >= 4 is 23.2 Å². The molecule has 1 atom stereocenters. The molecule has 0 radical (unpaired) electrons. The number of aromatic nitrogens is 1. The van der Waals surface area contributed by atoms with Crippen LogP contribution in [0.15, 0.2) is 65.2 Å². The van der Waals surface area contributed by atoms with Crippen LogP contribution < -0.4 is 10.2 Å². The monoisotopic (exact) mass is 432 g/mol. The summed E-state index contributed by atoms with van der Waals surface area (Å²) in [6.45, 7) is 0.672. The molecule has 2 amide bonds. The van der Waals surface area contributed by atoms with Gasteiger partial charge in [0.05, 0.1) is 12.5 Å². The quantitative estimate of drug-likeness (QED) is 0.629. The first kappa shape index (κ1) is 21.6. The number of likely N-dealkylation sites (tertiary alicyclic amines) is 1. The van der Waals surface area contributed by atoms with Gasteiger partial charge in [0, 0.05) is 38.1 Å². The van der Waals surface area contributed by atoms with E-state index in [0.29, 0.717) is 24.4 Å². The van der Waals surface area contributed by atoms with Gasteiger partial charge in [0.2, 0.25) is 5.91 Å². The highest BCUT2D eigenvalue weighted by atomic mass is 16.5. The normalized spacial score (nSPS) is 15.9. The second-order valence-electron chi connectivity index (χ2n) is 8.27. The number of rotatable bonds is 6. The van der Waals surface area contributed by atoms with Gasteiger partial charge < -0.3 is 19.6 Å². The summed E-state index contributed by atoms with van der Waals surface area (Å²) in [6, 6.07) is 18.7. The summed E-state index contributed by atoms with van der Waals surface area (Å²) in [6.07, 6.45) is 3.08. The number of anilines is 2. The number of hydrogen-bond acceptors (Lipinski definition) is 5. The minimum Gasteiger partial charge on any atom is -0.378 e. The number of benzene rings is 2. The van der Waals surface area contributed by atoms with Crippen LogP contribution in [0.25, 0.3) is 0 Å². The van der Waals surface area contributed by atoms with Gasteiger partial charge in [0.25, 0.3) is 5.91 Å². The van der Waals surface area contributed by atoms with Gasteiger partial charge >= 0.3 is 0 Å². The number of carbonyl (C=O) groups excluding carboxylic acids is 2. The van der Waals surface area contributed by atoms with E-state index in [1.165, 1.54) is 0 Å². The maximum Gasteiger partial charge on any atom is 0.277 e. The van der Waals surface area contributed by atoms with Crippen molar-refractivity contribution in [2.24, 2.45) is 0 Å². The van der Waals surface area contributed by atoms with E-state index in [1.54, 1.807) is 6.07 Å². The zero-order valence-electron chi connectivity index (χ0n) is 18.5. The van der Waals surface area contributed by atoms with Gasteiger partial charge in [-0.3, -0.25) is 9.59 Å². The van der Waals surface area contributed by atoms with Crippen LogP contribution in [0.5, 0.6) is 0 Å². The number of piperidine rings is 1. The molecule has 7 heteroatoms. The Bertz CT molecular complexity index is 1060. The summed E-state index contributed by atoms with van der Waals surface area (Å²) in [5, 5.41) is 6.77. The molecule has 1 N–H and O–H groups in total. The van der Waals surface area contributed by atoms with Gasteiger partial charge in [-0.2, -0.15) is 0 Å². The Balaban J connectivity index is 1.45. The molecule has 0 spiro atoms. The second-order valence-corrected chi connectivity index (χ2v) is 8.27. The summed E-state index contributed by atoms with van der Waals surface area (Å²) in [5.74, 6) is 0.277. The van der Waals surface area contributed by atoms with E-state index in [4.69, 9.17) is 4.52 Å². The Morgan fingerprint density at radius 1 is 1.09 bits per heavy atom. The molecule has 7 nitrogen and oxygen atoms in total. The second kappa shape index (κ2) is 9.68. The summed E-state index contributed by atoms with van der Waals surface area (Å²) >= 11 is 0. The van der Waals surface area contributed by atoms with Crippen molar-refractivity contribution in [3.8, 4) is 0 Å². The predicted molar refractivity (Wildman–Crippen MR) is 124 cm³/mol. The van der Waals surface area contributed by atoms with E-state index in [1.807, 2.05) is 78.5 Å². The first-order valence-electron chi connectivity index (χ1n) is 10.9. The Labute approximate surface area is 188 Å². The van der Waals surface area contributed by atoms with Crippen molar-refractivity contribution in [2.45, 2.75) is 31.7 Å². The first-order valence-corrected chi connectivity index (χ1v) is 10.9. The lowest BCUT2D eigenvalue weighted by Gasteiger charge is -2.34. The fourth-order valence-corrected chi connectivity index (χ4v) is 3.98. The van der Waals surface area contributed by atoms with Gasteiger partial charge in [0.1, 0.15) is 0 Å². The number of para-hydroxylation sites is 1. The summed E-state index contributed by atoms with van der Waals surface area (Å²) < 4.78 is 5.53. The third kappa shape index (κ3) is 4.99. The predicted octanol–water partition coefficient (Wildman–Crippen LogP) is 4.29. The maximum absolute atomic E-state index is 13.1. The van der Waals surface area contributed by atoms with Crippen molar-refractivity contribution in [1.82, 2.24) is 10.1 Å². The molecular formula is C25H28N4O3. The van der Waals surface area contributed by atoms with Gasteiger partial charge in [-0.25, -0.2) is 0 Å². The molecule has 1 unspecified atom stereocenters. The Kier molecular flexibility index (Phi) is 6.54. The van der Waals surface area contributed by atoms with Crippen molar-refractivity contribution < 1.29 is 14.1 Å². The molecule has 3 aromatic rings. The maximum atomic E-state index is 13.1. The molecule has 1 fully saturated rings. The van der Waals surface area contributed by atoms with E-state index in [0.717, 1.165) is 30.5 Å². The van der Waals surface area contributed by atoms with E-state index >= 15 is 0 Å². The van der Waals surface area contributed by atoms with Gasteiger partial charge in [-0.15, -0.1) is 0 Å². The molecule has 0 bridgehead atoms. The molecule has 1 saturated heterocycles. The molecule has 0 saturated carbocycles. The summed E-state index contributed by atoms with van der Waals surface area (Å²) in [4.78, 5) is 29.5. The molecule has 1 aliphatic heterocycles. The zero-order chi connectivity index (χ0) is 22.5. The number of hydrogen-bond donors (Lipinski definition) is 1. The molecule has 166 valence electrons. The minimum absolute atomic E-state index is 0.0546. The van der Waals surface area contributed by atoms with Crippen LogP contribution >= 0.6 is 0 Å². The van der Waals surface area contributed by atoms with Crippen LogP contribution in [0.1, 0.15) is 47.1 Å². The molecular weight excluding hydrogens is 404 g/mol. The third-order valence-electron chi connectivity index (χ3n) is 5.75. The molecule has 4 rings (SSSR count). The average molecular weight is 433 g/mol.